The number of carbonyl (C=O) groups is 1. The van der Waals surface area contributed by atoms with Crippen LogP contribution in [0.4, 0.5) is 0 Å². The van der Waals surface area contributed by atoms with Gasteiger partial charge in [0, 0.05) is 6.92 Å². The van der Waals surface area contributed by atoms with Gasteiger partial charge in [0.25, 0.3) is 0 Å². The predicted octanol–water partition coefficient (Wildman–Crippen LogP) is 2.49. The molecule has 1 N–H and O–H groups in total. The second-order valence-corrected chi connectivity index (χ2v) is 4.41. The van der Waals surface area contributed by atoms with Crippen LogP contribution in [0.3, 0.4) is 0 Å². The first-order valence-electron chi connectivity index (χ1n) is 5.49. The summed E-state index contributed by atoms with van der Waals surface area (Å²) in [4.78, 5) is 10.7. The predicted molar refractivity (Wildman–Crippen MR) is 77.8 cm³/mol. The Hall–Kier alpha value is -1.82. The Labute approximate surface area is 120 Å². The minimum atomic E-state index is -0.229. The van der Waals surface area contributed by atoms with E-state index in [0.29, 0.717) is 18.1 Å². The summed E-state index contributed by atoms with van der Waals surface area (Å²) in [6.07, 6.45) is 3.17. The first-order valence-corrected chi connectivity index (χ1v) is 6.28. The van der Waals surface area contributed by atoms with Gasteiger partial charge in [0.1, 0.15) is 6.61 Å². The molecule has 0 heterocycles. The van der Waals surface area contributed by atoms with Gasteiger partial charge in [0.2, 0.25) is 5.91 Å². The third kappa shape index (κ3) is 4.75. The quantitative estimate of drug-likeness (QED) is 0.496. The molecule has 0 spiro atoms. The fraction of sp³-hybridized carbons (Fsp3) is 0.231. The van der Waals surface area contributed by atoms with E-state index in [1.807, 2.05) is 6.07 Å². The molecule has 0 aliphatic rings. The number of nitrogens with zero attached hydrogens (tertiary/aromatic N) is 1. The molecule has 102 valence electrons. The van der Waals surface area contributed by atoms with E-state index in [9.17, 15) is 4.79 Å². The SMILES string of the molecule is C=CCOc1c(Br)cc(/C=N\NC(C)=O)cc1OC. The van der Waals surface area contributed by atoms with Gasteiger partial charge in [0.15, 0.2) is 11.5 Å². The van der Waals surface area contributed by atoms with Crippen LogP contribution in [-0.4, -0.2) is 25.8 Å². The highest BCUT2D eigenvalue weighted by Crippen LogP contribution is 2.36. The Morgan fingerprint density at radius 3 is 2.89 bits per heavy atom. The minimum Gasteiger partial charge on any atom is -0.493 e. The molecule has 5 nitrogen and oxygen atoms in total. The Balaban J connectivity index is 2.98. The van der Waals surface area contributed by atoms with Crippen molar-refractivity contribution in [1.82, 2.24) is 5.43 Å². The molecule has 0 saturated carbocycles. The van der Waals surface area contributed by atoms with Gasteiger partial charge in [-0.2, -0.15) is 5.10 Å². The van der Waals surface area contributed by atoms with Crippen LogP contribution < -0.4 is 14.9 Å². The Morgan fingerprint density at radius 1 is 1.58 bits per heavy atom. The van der Waals surface area contributed by atoms with E-state index in [2.05, 4.69) is 33.0 Å². The van der Waals surface area contributed by atoms with Crippen LogP contribution >= 0.6 is 15.9 Å². The van der Waals surface area contributed by atoms with Gasteiger partial charge in [-0.15, -0.1) is 0 Å². The third-order valence-electron chi connectivity index (χ3n) is 2.03. The molecular weight excluding hydrogens is 312 g/mol. The molecule has 1 aromatic carbocycles. The third-order valence-corrected chi connectivity index (χ3v) is 2.62. The number of methoxy groups -OCH3 is 1. The first-order chi connectivity index (χ1) is 9.08. The van der Waals surface area contributed by atoms with Gasteiger partial charge in [-0.25, -0.2) is 5.43 Å². The van der Waals surface area contributed by atoms with Gasteiger partial charge in [-0.1, -0.05) is 12.7 Å². The lowest BCUT2D eigenvalue weighted by Gasteiger charge is -2.12. The summed E-state index contributed by atoms with van der Waals surface area (Å²) in [6.45, 7) is 5.37. The summed E-state index contributed by atoms with van der Waals surface area (Å²) in [5.74, 6) is 0.938. The zero-order valence-corrected chi connectivity index (χ0v) is 12.4. The molecule has 0 unspecified atom stereocenters. The maximum Gasteiger partial charge on any atom is 0.236 e. The molecule has 0 saturated heterocycles. The van der Waals surface area contributed by atoms with E-state index in [1.54, 1.807) is 19.3 Å². The van der Waals surface area contributed by atoms with Crippen LogP contribution in [0.1, 0.15) is 12.5 Å². The van der Waals surface area contributed by atoms with Crippen LogP contribution in [0.2, 0.25) is 0 Å². The van der Waals surface area contributed by atoms with Crippen molar-refractivity contribution in [3.63, 3.8) is 0 Å². The molecule has 19 heavy (non-hydrogen) atoms. The van der Waals surface area contributed by atoms with Gasteiger partial charge in [-0.05, 0) is 33.6 Å². The van der Waals surface area contributed by atoms with Crippen LogP contribution in [0, 0.1) is 0 Å². The number of benzene rings is 1. The molecule has 0 atom stereocenters. The molecule has 1 aromatic rings. The highest BCUT2D eigenvalue weighted by Gasteiger charge is 2.10. The normalized spacial score (nSPS) is 10.3. The first kappa shape index (κ1) is 15.2. The topological polar surface area (TPSA) is 59.9 Å². The summed E-state index contributed by atoms with van der Waals surface area (Å²) in [7, 11) is 1.55. The number of hydrogen-bond donors (Lipinski definition) is 1. The van der Waals surface area contributed by atoms with Crippen molar-refractivity contribution < 1.29 is 14.3 Å². The number of amides is 1. The lowest BCUT2D eigenvalue weighted by molar-refractivity contribution is -0.118. The van der Waals surface area contributed by atoms with Crippen molar-refractivity contribution in [3.8, 4) is 11.5 Å². The number of nitrogens with one attached hydrogen (secondary N) is 1. The summed E-state index contributed by atoms with van der Waals surface area (Å²) in [5.41, 5.74) is 3.10. The second-order valence-electron chi connectivity index (χ2n) is 3.56. The molecule has 0 radical (unpaired) electrons. The molecule has 1 amide bonds. The number of hydrogen-bond acceptors (Lipinski definition) is 4. The molecule has 0 fully saturated rings. The zero-order valence-electron chi connectivity index (χ0n) is 10.8. The molecule has 0 bridgehead atoms. The summed E-state index contributed by atoms with van der Waals surface area (Å²) >= 11 is 3.40. The lowest BCUT2D eigenvalue weighted by atomic mass is 10.2. The maximum atomic E-state index is 10.7. The number of ether oxygens (including phenoxy) is 2. The monoisotopic (exact) mass is 326 g/mol. The zero-order chi connectivity index (χ0) is 14.3. The summed E-state index contributed by atoms with van der Waals surface area (Å²) < 4.78 is 11.5. The Kier molecular flexibility index (Phi) is 6.08. The summed E-state index contributed by atoms with van der Waals surface area (Å²) in [6, 6.07) is 3.57. The van der Waals surface area contributed by atoms with E-state index in [4.69, 9.17) is 9.47 Å². The highest BCUT2D eigenvalue weighted by molar-refractivity contribution is 9.10. The highest BCUT2D eigenvalue weighted by atomic mass is 79.9. The smallest absolute Gasteiger partial charge is 0.236 e. The summed E-state index contributed by atoms with van der Waals surface area (Å²) in [5, 5.41) is 3.79. The van der Waals surface area contributed by atoms with Gasteiger partial charge in [-0.3, -0.25) is 4.79 Å². The van der Waals surface area contributed by atoms with Crippen LogP contribution in [-0.2, 0) is 4.79 Å². The molecule has 6 heteroatoms. The van der Waals surface area contributed by atoms with Crippen molar-refractivity contribution in [2.24, 2.45) is 5.10 Å². The largest absolute Gasteiger partial charge is 0.493 e. The Morgan fingerprint density at radius 2 is 2.32 bits per heavy atom. The molecular formula is C13H15BrN2O3. The second kappa shape index (κ2) is 7.58. The van der Waals surface area contributed by atoms with E-state index in [1.165, 1.54) is 13.1 Å². The number of rotatable bonds is 6. The molecule has 0 aliphatic heterocycles. The van der Waals surface area contributed by atoms with Crippen molar-refractivity contribution >= 4 is 28.1 Å². The lowest BCUT2D eigenvalue weighted by Crippen LogP contribution is -2.12. The van der Waals surface area contributed by atoms with Gasteiger partial charge >= 0.3 is 0 Å². The number of hydrazone groups is 1. The molecule has 0 aliphatic carbocycles. The van der Waals surface area contributed by atoms with Gasteiger partial charge in [0.05, 0.1) is 17.8 Å². The van der Waals surface area contributed by atoms with Crippen LogP contribution in [0.25, 0.3) is 0 Å². The van der Waals surface area contributed by atoms with Crippen molar-refractivity contribution in [3.05, 3.63) is 34.8 Å². The Bertz CT molecular complexity index is 501. The van der Waals surface area contributed by atoms with Crippen molar-refractivity contribution in [2.75, 3.05) is 13.7 Å². The molecule has 1 rings (SSSR count). The molecule has 0 aromatic heterocycles. The maximum absolute atomic E-state index is 10.7. The fourth-order valence-electron chi connectivity index (χ4n) is 1.29. The van der Waals surface area contributed by atoms with E-state index < -0.39 is 0 Å². The van der Waals surface area contributed by atoms with E-state index in [-0.39, 0.29) is 5.91 Å². The fourth-order valence-corrected chi connectivity index (χ4v) is 1.87. The number of halogens is 1. The number of carbonyl (C=O) groups excluding carboxylic acids is 1. The minimum absolute atomic E-state index is 0.229. The van der Waals surface area contributed by atoms with Crippen molar-refractivity contribution in [2.45, 2.75) is 6.92 Å². The van der Waals surface area contributed by atoms with Crippen molar-refractivity contribution in [1.29, 1.82) is 0 Å². The standard InChI is InChI=1S/C13H15BrN2O3/c1-4-5-19-13-11(14)6-10(7-12(13)18-3)8-15-16-9(2)17/h4,6-8H,1,5H2,2-3H3,(H,16,17)/b15-8-. The van der Waals surface area contributed by atoms with E-state index >= 15 is 0 Å². The van der Waals surface area contributed by atoms with Crippen LogP contribution in [0.15, 0.2) is 34.4 Å². The van der Waals surface area contributed by atoms with Crippen LogP contribution in [0.5, 0.6) is 11.5 Å². The average molecular weight is 327 g/mol. The van der Waals surface area contributed by atoms with Gasteiger partial charge < -0.3 is 9.47 Å². The van der Waals surface area contributed by atoms with E-state index in [0.717, 1.165) is 10.0 Å². The average Bonchev–Trinajstić information content (AvgIpc) is 2.36.